The number of aromatic amines is 1. The number of methoxy groups -OCH3 is 1. The molecule has 2 aliphatic rings. The first kappa shape index (κ1) is 54.6. The number of hydrogen-bond donors (Lipinski definition) is 5. The van der Waals surface area contributed by atoms with Crippen LogP contribution in [0.3, 0.4) is 0 Å². The van der Waals surface area contributed by atoms with Crippen molar-refractivity contribution < 1.29 is 48.0 Å². The third kappa shape index (κ3) is 13.2. The minimum atomic E-state index is -1.00. The number of thiazole rings is 1. The SMILES string of the molecule is COc1cc(C)[nH]c(=O)c1CNC(=O)c1c(C)n([C@@H](C)C2CCOCC2)c2cc(OCCOCCOCC(=O)N[C@H](C(=O)N3C[C@H](O)C[C@H]3C(=O)N[C@@H](C)c3ccc(-c4scnc4C)cc3)C(C)(C)C)ccc12. The van der Waals surface area contributed by atoms with Crippen LogP contribution < -0.4 is 31.0 Å². The van der Waals surface area contributed by atoms with Gasteiger partial charge in [0.15, 0.2) is 0 Å². The molecule has 19 heteroatoms. The summed E-state index contributed by atoms with van der Waals surface area (Å²) in [6, 6.07) is 13.0. The molecule has 3 aromatic heterocycles. The highest BCUT2D eigenvalue weighted by atomic mass is 32.1. The van der Waals surface area contributed by atoms with Gasteiger partial charge in [-0.3, -0.25) is 24.0 Å². The van der Waals surface area contributed by atoms with E-state index in [1.54, 1.807) is 24.3 Å². The van der Waals surface area contributed by atoms with Crippen molar-refractivity contribution >= 4 is 45.9 Å². The molecule has 5 heterocycles. The molecule has 394 valence electrons. The predicted molar refractivity (Wildman–Crippen MR) is 278 cm³/mol. The second-order valence-electron chi connectivity index (χ2n) is 20.1. The number of ether oxygens (including phenoxy) is 5. The summed E-state index contributed by atoms with van der Waals surface area (Å²) < 4.78 is 30.9. The van der Waals surface area contributed by atoms with Gasteiger partial charge in [-0.15, -0.1) is 11.3 Å². The number of rotatable bonds is 21. The summed E-state index contributed by atoms with van der Waals surface area (Å²) >= 11 is 1.57. The Morgan fingerprint density at radius 3 is 2.36 bits per heavy atom. The molecule has 0 spiro atoms. The number of likely N-dealkylation sites (tertiary alicyclic amines) is 1. The lowest BCUT2D eigenvalue weighted by molar-refractivity contribution is -0.144. The Bertz CT molecular complexity index is 2790. The van der Waals surface area contributed by atoms with E-state index < -0.39 is 35.4 Å². The van der Waals surface area contributed by atoms with Crippen LogP contribution in [0.5, 0.6) is 11.5 Å². The monoisotopic (exact) mass is 1030 g/mol. The number of aliphatic hydroxyl groups excluding tert-OH is 1. The van der Waals surface area contributed by atoms with Crippen molar-refractivity contribution in [1.82, 2.24) is 35.4 Å². The first-order valence-corrected chi connectivity index (χ1v) is 25.9. The number of hydrogen-bond acceptors (Lipinski definition) is 13. The third-order valence-corrected chi connectivity index (χ3v) is 14.8. The second kappa shape index (κ2) is 24.3. The Labute approximate surface area is 430 Å². The summed E-state index contributed by atoms with van der Waals surface area (Å²) in [7, 11) is 1.49. The molecule has 5 N–H and O–H groups in total. The van der Waals surface area contributed by atoms with Gasteiger partial charge in [0, 0.05) is 55.1 Å². The number of carbonyl (C=O) groups is 4. The summed E-state index contributed by atoms with van der Waals surface area (Å²) in [5.41, 5.74) is 6.80. The van der Waals surface area contributed by atoms with Gasteiger partial charge >= 0.3 is 0 Å². The Morgan fingerprint density at radius 1 is 0.959 bits per heavy atom. The topological polar surface area (TPSA) is 225 Å². The summed E-state index contributed by atoms with van der Waals surface area (Å²) in [4.78, 5) is 77.4. The van der Waals surface area contributed by atoms with Gasteiger partial charge in [-0.25, -0.2) is 4.98 Å². The van der Waals surface area contributed by atoms with Gasteiger partial charge in [0.2, 0.25) is 17.7 Å². The van der Waals surface area contributed by atoms with Crippen LogP contribution in [0.4, 0.5) is 0 Å². The van der Waals surface area contributed by atoms with Crippen LogP contribution in [0.2, 0.25) is 0 Å². The molecule has 2 aliphatic heterocycles. The van der Waals surface area contributed by atoms with Crippen molar-refractivity contribution in [2.45, 2.75) is 111 Å². The number of nitrogens with zero attached hydrogens (tertiary/aromatic N) is 3. The van der Waals surface area contributed by atoms with Gasteiger partial charge < -0.3 is 59.2 Å². The van der Waals surface area contributed by atoms with Crippen LogP contribution in [0.1, 0.15) is 105 Å². The Kier molecular flexibility index (Phi) is 18.2. The number of amides is 4. The molecule has 7 rings (SSSR count). The fourth-order valence-corrected chi connectivity index (χ4v) is 10.7. The van der Waals surface area contributed by atoms with Crippen molar-refractivity contribution in [2.24, 2.45) is 11.3 Å². The molecule has 5 atom stereocenters. The van der Waals surface area contributed by atoms with Crippen molar-refractivity contribution in [3.63, 3.8) is 0 Å². The molecule has 0 saturated carbocycles. The molecule has 0 aliphatic carbocycles. The molecule has 4 amide bonds. The van der Waals surface area contributed by atoms with E-state index in [0.717, 1.165) is 51.1 Å². The molecule has 18 nitrogen and oxygen atoms in total. The highest BCUT2D eigenvalue weighted by Crippen LogP contribution is 2.37. The minimum Gasteiger partial charge on any atom is -0.496 e. The highest BCUT2D eigenvalue weighted by Gasteiger charge is 2.45. The fraction of sp³-hybridized carbons (Fsp3) is 0.519. The number of β-amino-alcohol motifs (C(OH)–C–C–N with tert-alkyl or cyclic N) is 1. The number of nitrogens with one attached hydrogen (secondary N) is 4. The van der Waals surface area contributed by atoms with Crippen LogP contribution >= 0.6 is 11.3 Å². The lowest BCUT2D eigenvalue weighted by Gasteiger charge is -2.35. The van der Waals surface area contributed by atoms with E-state index in [0.29, 0.717) is 47.5 Å². The van der Waals surface area contributed by atoms with E-state index in [1.165, 1.54) is 12.0 Å². The highest BCUT2D eigenvalue weighted by molar-refractivity contribution is 7.13. The van der Waals surface area contributed by atoms with Gasteiger partial charge in [0.05, 0.1) is 78.3 Å². The maximum Gasteiger partial charge on any atom is 0.256 e. The lowest BCUT2D eigenvalue weighted by Crippen LogP contribution is -2.58. The molecule has 2 saturated heterocycles. The lowest BCUT2D eigenvalue weighted by atomic mass is 9.85. The molecule has 0 bridgehead atoms. The van der Waals surface area contributed by atoms with Gasteiger partial charge in [0.1, 0.15) is 36.8 Å². The first-order valence-electron chi connectivity index (χ1n) is 25.0. The zero-order valence-electron chi connectivity index (χ0n) is 43.4. The summed E-state index contributed by atoms with van der Waals surface area (Å²) in [5.74, 6) is -0.325. The molecule has 0 unspecified atom stereocenters. The van der Waals surface area contributed by atoms with Crippen molar-refractivity contribution in [3.05, 3.63) is 98.2 Å². The van der Waals surface area contributed by atoms with Crippen molar-refractivity contribution in [1.29, 1.82) is 0 Å². The van der Waals surface area contributed by atoms with Gasteiger partial charge in [0.25, 0.3) is 11.5 Å². The Morgan fingerprint density at radius 2 is 1.67 bits per heavy atom. The third-order valence-electron chi connectivity index (χ3n) is 13.8. The summed E-state index contributed by atoms with van der Waals surface area (Å²) in [6.45, 7) is 16.9. The number of fused-ring (bicyclic) bond motifs is 1. The van der Waals surface area contributed by atoms with Crippen LogP contribution in [0.25, 0.3) is 21.3 Å². The van der Waals surface area contributed by atoms with E-state index in [-0.39, 0.29) is 82.0 Å². The maximum atomic E-state index is 14.1. The summed E-state index contributed by atoms with van der Waals surface area (Å²) in [6.07, 6.45) is 0.972. The van der Waals surface area contributed by atoms with Crippen LogP contribution in [0.15, 0.2) is 58.8 Å². The van der Waals surface area contributed by atoms with Crippen molar-refractivity contribution in [3.8, 4) is 21.9 Å². The van der Waals surface area contributed by atoms with Gasteiger partial charge in [-0.1, -0.05) is 45.0 Å². The van der Waals surface area contributed by atoms with Gasteiger partial charge in [-0.2, -0.15) is 0 Å². The molecule has 0 radical (unpaired) electrons. The van der Waals surface area contributed by atoms with E-state index in [2.05, 4.69) is 37.4 Å². The van der Waals surface area contributed by atoms with Crippen LogP contribution in [-0.4, -0.2) is 126 Å². The second-order valence-corrected chi connectivity index (χ2v) is 21.0. The van der Waals surface area contributed by atoms with Gasteiger partial charge in [-0.05, 0) is 88.1 Å². The molecule has 73 heavy (non-hydrogen) atoms. The van der Waals surface area contributed by atoms with E-state index in [9.17, 15) is 29.1 Å². The molecular formula is C54H71N7O11S. The quantitative estimate of drug-likeness (QED) is 0.0527. The fourth-order valence-electron chi connectivity index (χ4n) is 9.84. The van der Waals surface area contributed by atoms with Crippen LogP contribution in [0, 0.1) is 32.1 Å². The number of aryl methyl sites for hydroxylation is 2. The number of aromatic nitrogens is 3. The standard InChI is InChI=1S/C54H71N7O11S/c1-31-24-45(68-9)42(50(64)57-31)27-55-52(66)47-35(5)61(34(4)37-16-18-69-19-17-37)43-26-40(14-15-41(43)47)72-23-22-70-20-21-71-29-46(63)59-49(54(6,7)8)53(67)60-28-39(62)25-44(60)51(65)58-32(2)36-10-12-38(13-11-36)48-33(3)56-30-73-48/h10-15,24,26,30,32,34,37,39,44,49,62H,16-23,25,27-29H2,1-9H3,(H,55,66)(H,57,64)(H,58,65)(H,59,63)/t32-,34-,39+,44-,49+/m0/s1. The average molecular weight is 1030 g/mol. The molecular weight excluding hydrogens is 955 g/mol. The minimum absolute atomic E-state index is 0.0153. The average Bonchev–Trinajstić information content (AvgIpc) is 4.06. The number of H-pyrrole nitrogens is 1. The normalized spacial score (nSPS) is 17.5. The van der Waals surface area contributed by atoms with Crippen LogP contribution in [-0.2, 0) is 35.1 Å². The molecule has 5 aromatic rings. The summed E-state index contributed by atoms with van der Waals surface area (Å²) in [5, 5.41) is 20.2. The van der Waals surface area contributed by atoms with Crippen molar-refractivity contribution in [2.75, 3.05) is 59.9 Å². The number of carbonyl (C=O) groups excluding carboxylic acids is 4. The van der Waals surface area contributed by atoms with E-state index in [1.807, 2.05) is 89.5 Å². The Balaban J connectivity index is 0.890. The number of pyridine rings is 1. The smallest absolute Gasteiger partial charge is 0.256 e. The predicted octanol–water partition coefficient (Wildman–Crippen LogP) is 6.09. The Hall–Kier alpha value is -6.12. The number of benzene rings is 2. The maximum absolute atomic E-state index is 14.1. The molecule has 2 fully saturated rings. The van der Waals surface area contributed by atoms with E-state index in [4.69, 9.17) is 23.7 Å². The molecule has 2 aromatic carbocycles. The first-order chi connectivity index (χ1) is 34.9. The number of aliphatic hydroxyl groups is 1. The van der Waals surface area contributed by atoms with E-state index >= 15 is 0 Å². The largest absolute Gasteiger partial charge is 0.496 e. The zero-order chi connectivity index (χ0) is 52.6. The zero-order valence-corrected chi connectivity index (χ0v) is 44.2.